The van der Waals surface area contributed by atoms with Crippen LogP contribution in [0.3, 0.4) is 0 Å². The zero-order valence-corrected chi connectivity index (χ0v) is 70.4. The summed E-state index contributed by atoms with van der Waals surface area (Å²) < 4.78 is 98.7. The lowest BCUT2D eigenvalue weighted by Crippen LogP contribution is -2.46. The van der Waals surface area contributed by atoms with Crippen LogP contribution >= 0.6 is 57.7 Å². The van der Waals surface area contributed by atoms with Crippen molar-refractivity contribution in [1.29, 1.82) is 0 Å². The maximum absolute atomic E-state index is 12.7. The predicted octanol–water partition coefficient (Wildman–Crippen LogP) is 20.2. The molecule has 0 unspecified atom stereocenters. The van der Waals surface area contributed by atoms with Gasteiger partial charge in [-0.2, -0.15) is 13.2 Å². The fraction of sp³-hybridized carbons (Fsp3) is 0.318. The maximum atomic E-state index is 12.7. The number of rotatable bonds is 18. The third kappa shape index (κ3) is 21.9. The summed E-state index contributed by atoms with van der Waals surface area (Å²) in [4.78, 5) is 63.1. The summed E-state index contributed by atoms with van der Waals surface area (Å²) >= 11 is 25.1. The number of anilines is 4. The number of esters is 1. The van der Waals surface area contributed by atoms with Crippen LogP contribution in [0.25, 0.3) is 17.4 Å². The number of aromatic hydroxyl groups is 1. The number of hydrogen-bond donors (Lipinski definition) is 8. The molecule has 1 aliphatic carbocycles. The highest BCUT2D eigenvalue weighted by Crippen LogP contribution is 2.55. The van der Waals surface area contributed by atoms with Crippen molar-refractivity contribution < 1.29 is 89.0 Å². The molecule has 4 aliphatic heterocycles. The minimum atomic E-state index is -4.68. The molecule has 0 bridgehead atoms. The number of thiazole rings is 1. The number of aliphatic hydroxyl groups excluding tert-OH is 1. The van der Waals surface area contributed by atoms with Crippen molar-refractivity contribution >= 4 is 147 Å². The molecule has 5 aliphatic rings. The molecule has 0 spiro atoms. The first-order chi connectivity index (χ1) is 54.4. The van der Waals surface area contributed by atoms with Crippen molar-refractivity contribution in [2.75, 3.05) is 35.9 Å². The number of hydrogen-bond acceptors (Lipinski definition) is 17. The number of nitrogens with one attached hydrogen (secondary N) is 3. The van der Waals surface area contributed by atoms with Crippen LogP contribution in [0.5, 0.6) is 11.5 Å². The molecule has 7 aromatic carbocycles. The number of carbonyl (C=O) groups excluding carboxylic acids is 2. The van der Waals surface area contributed by atoms with E-state index in [-0.39, 0.29) is 67.9 Å². The summed E-state index contributed by atoms with van der Waals surface area (Å²) in [6.07, 6.45) is 9.24. The number of benzene rings is 7. The van der Waals surface area contributed by atoms with E-state index in [9.17, 15) is 69.3 Å². The number of halogens is 7. The van der Waals surface area contributed by atoms with Crippen molar-refractivity contribution in [2.45, 2.75) is 159 Å². The molecule has 21 nitrogen and oxygen atoms in total. The van der Waals surface area contributed by atoms with Gasteiger partial charge in [-0.05, 0) is 194 Å². The molecule has 5 heterocycles. The fourth-order valence-corrected chi connectivity index (χ4v) is 17.7. The van der Waals surface area contributed by atoms with Crippen LogP contribution in [0.4, 0.5) is 35.4 Å². The molecule has 116 heavy (non-hydrogen) atoms. The molecule has 0 radical (unpaired) electrons. The average Bonchev–Trinajstić information content (AvgIpc) is 0.771. The number of sulfonamides is 1. The Hall–Kier alpha value is -9.87. The molecule has 0 saturated carbocycles. The number of unbranched alkanes of at least 4 members (excludes halogenated alkanes) is 3. The monoisotopic (exact) mass is 1730 g/mol. The van der Waals surface area contributed by atoms with E-state index in [0.29, 0.717) is 67.8 Å². The van der Waals surface area contributed by atoms with Crippen molar-refractivity contribution in [3.63, 3.8) is 0 Å². The first-order valence-electron chi connectivity index (χ1n) is 36.8. The molecule has 8 aromatic rings. The molecule has 1 fully saturated rings. The van der Waals surface area contributed by atoms with Crippen molar-refractivity contribution in [3.05, 3.63) is 243 Å². The van der Waals surface area contributed by atoms with Gasteiger partial charge in [-0.1, -0.05) is 154 Å². The molecule has 1 aromatic heterocycles. The number of likely N-dealkylation sites (N-methyl/N-ethyl adjacent to an activating group) is 1. The van der Waals surface area contributed by atoms with Gasteiger partial charge in [0.05, 0.1) is 39.1 Å². The summed E-state index contributed by atoms with van der Waals surface area (Å²) in [5.41, 5.74) is 8.53. The number of aliphatic carboxylic acids is 3. The number of aryl methyl sites for hydroxylation is 3. The molecule has 31 heteroatoms. The zero-order valence-electron chi connectivity index (χ0n) is 64.9. The third-order valence-electron chi connectivity index (χ3n) is 20.2. The number of sulfone groups is 1. The minimum Gasteiger partial charge on any atom is -0.508 e. The van der Waals surface area contributed by atoms with Crippen molar-refractivity contribution in [2.24, 2.45) is 5.92 Å². The topological polar surface area (TPSA) is 325 Å². The van der Waals surface area contributed by atoms with Crippen molar-refractivity contribution in [3.8, 4) is 11.5 Å². The number of phenols is 1. The second kappa shape index (κ2) is 37.6. The summed E-state index contributed by atoms with van der Waals surface area (Å²) in [6.45, 7) is 16.9. The number of allylic oxidation sites excluding steroid dienone is 1. The van der Waals surface area contributed by atoms with E-state index in [1.807, 2.05) is 69.3 Å². The van der Waals surface area contributed by atoms with Crippen LogP contribution < -0.4 is 20.7 Å². The lowest BCUT2D eigenvalue weighted by Gasteiger charge is -2.47. The van der Waals surface area contributed by atoms with Gasteiger partial charge in [0, 0.05) is 91.3 Å². The maximum Gasteiger partial charge on any atom is 0.413 e. The van der Waals surface area contributed by atoms with E-state index in [2.05, 4.69) is 61.6 Å². The molecular formula is C85H88Cl4F3N5O16S3. The summed E-state index contributed by atoms with van der Waals surface area (Å²) in [5, 5.41) is 59.0. The number of ether oxygens (including phenoxy) is 2. The Morgan fingerprint density at radius 3 is 2.07 bits per heavy atom. The highest BCUT2D eigenvalue weighted by molar-refractivity contribution is 7.90. The van der Waals surface area contributed by atoms with Crippen LogP contribution in [0, 0.1) is 19.8 Å². The average molecular weight is 1730 g/mol. The minimum absolute atomic E-state index is 0.0356. The predicted molar refractivity (Wildman–Crippen MR) is 447 cm³/mol. The summed E-state index contributed by atoms with van der Waals surface area (Å²) in [5.74, 6) is -3.73. The van der Waals surface area contributed by atoms with Gasteiger partial charge in [0.2, 0.25) is 0 Å². The number of alkyl halides is 3. The normalized spacial score (nSPS) is 17.3. The molecule has 616 valence electrons. The number of nitrogens with zero attached hydrogens (tertiary/aromatic N) is 2. The number of aromatic nitrogens is 1. The van der Waals surface area contributed by atoms with Crippen LogP contribution in [0.1, 0.15) is 154 Å². The Bertz CT molecular complexity index is 5430. The summed E-state index contributed by atoms with van der Waals surface area (Å²) in [6, 6.07) is 34.9. The zero-order chi connectivity index (χ0) is 85.3. The Kier molecular flexibility index (Phi) is 29.2. The Morgan fingerprint density at radius 2 is 1.48 bits per heavy atom. The smallest absolute Gasteiger partial charge is 0.413 e. The number of phenolic OH excluding ortho intramolecular Hbond substituents is 1. The van der Waals surface area contributed by atoms with Gasteiger partial charge in [0.25, 0.3) is 15.9 Å². The van der Waals surface area contributed by atoms with E-state index in [4.69, 9.17) is 66.1 Å². The van der Waals surface area contributed by atoms with Crippen LogP contribution in [0.2, 0.25) is 20.1 Å². The number of carbonyl (C=O) groups is 5. The molecule has 8 N–H and O–H groups in total. The van der Waals surface area contributed by atoms with Gasteiger partial charge in [0.1, 0.15) is 17.1 Å². The lowest BCUT2D eigenvalue weighted by atomic mass is 9.66. The van der Waals surface area contributed by atoms with E-state index < -0.39 is 67.1 Å². The van der Waals surface area contributed by atoms with Gasteiger partial charge >= 0.3 is 30.1 Å². The second-order valence-corrected chi connectivity index (χ2v) is 36.2. The Balaban J connectivity index is 0.000000167. The molecule has 13 rings (SSSR count). The number of carboxylic acid groups (broad SMARTS) is 3. The lowest BCUT2D eigenvalue weighted by molar-refractivity contribution is -0.146. The molecule has 1 amide bonds. The van der Waals surface area contributed by atoms with E-state index in [1.54, 1.807) is 60.8 Å². The number of fused-ring (bicyclic) bond motifs is 5. The second-order valence-electron chi connectivity index (χ2n) is 29.3. The molecular weight excluding hydrogens is 1640 g/mol. The van der Waals surface area contributed by atoms with Crippen LogP contribution in [-0.4, -0.2) is 119 Å². The SMILES string of the molecule is CCCCCCC(C)(C)c1cc(O)c2c(c1)OC(C)(C)[C@@H]1CC=C(C(=O)O)C[C@@H]21.CCc1ccc(Nc2c(C)cc(Cl)cc2Cl)c(CC(=O)O)c1.CS(=O)(=O)c1ccc(/C(=C2\CCOC2=O)c2ccc(Cl)cc2)cc1.Cc1cnc(NC(=O)C2=C(O)c3ccccc3S(=O)(=O)N2C)s1.O=C(O)C1=Cc2cc(Cl)ccc2N[C@@H]1C(F)(F)F. The fourth-order valence-electron chi connectivity index (χ4n) is 14.0. The van der Waals surface area contributed by atoms with Crippen LogP contribution in [0.15, 0.2) is 178 Å². The van der Waals surface area contributed by atoms with Gasteiger partial charge in [-0.15, -0.1) is 11.3 Å². The first kappa shape index (κ1) is 90.1. The van der Waals surface area contributed by atoms with E-state index in [1.165, 1.54) is 74.4 Å². The first-order valence-corrected chi connectivity index (χ1v) is 42.4. The number of cyclic esters (lactones) is 1. The Morgan fingerprint density at radius 1 is 0.819 bits per heavy atom. The molecule has 3 atom stereocenters. The third-order valence-corrected chi connectivity index (χ3v) is 24.9. The number of amides is 1. The van der Waals surface area contributed by atoms with Gasteiger partial charge in [-0.25, -0.2) is 36.2 Å². The molecule has 1 saturated heterocycles. The van der Waals surface area contributed by atoms with E-state index in [0.717, 1.165) is 96.0 Å². The van der Waals surface area contributed by atoms with E-state index >= 15 is 0 Å². The largest absolute Gasteiger partial charge is 0.508 e. The highest BCUT2D eigenvalue weighted by atomic mass is 35.5. The quantitative estimate of drug-likeness (QED) is 0.0225. The van der Waals surface area contributed by atoms with Gasteiger partial charge < -0.3 is 45.6 Å². The summed E-state index contributed by atoms with van der Waals surface area (Å²) in [7, 11) is -5.94. The van der Waals surface area contributed by atoms with Crippen LogP contribution in [-0.2, 0) is 66.8 Å². The Labute approximate surface area is 695 Å². The highest BCUT2D eigenvalue weighted by Gasteiger charge is 2.49. The van der Waals surface area contributed by atoms with Gasteiger partial charge in [-0.3, -0.25) is 19.2 Å². The number of carboxylic acids is 3. The van der Waals surface area contributed by atoms with Crippen molar-refractivity contribution in [1.82, 2.24) is 9.29 Å². The number of aliphatic hydroxyl groups is 1. The van der Waals surface area contributed by atoms with Gasteiger partial charge in [0.15, 0.2) is 32.5 Å². The standard InChI is InChI=1S/C25H36O4.C18H15ClO4S.C17H17Cl2NO2.C14H13N3O4S2.C11H7ClF3NO2/c1-6-7-8-9-12-24(2,3)17-14-20(26)22-18-13-16(23(27)28)10-11-19(18)25(4,5)29-21(22)15-17;1-24(21,22)15-8-4-13(5-9-15)17(16-10-11-23-18(16)20)12-2-6-14(19)7-3-12;1-3-11-4-5-15(12(7-11)8-16(21)22)20-17-10(2)6-13(18)9-14(17)19;1-8-7-15-14(22-8)16-13(19)11-12(18)9-5-3-4-6-10(9)23(20,21)17(11)2;12-6-1-2-8-5(3-6)4-7(10(17)18)9(16-8)11(13,14)15/h10,14-15,18-19,26H,6-9,11-13H2,1-5H3,(H,27,28);2-9H,10-11H2,1H3;4-7,9,20H,3,8H2,1-2H3,(H,21,22);3-7,18H,1-2H3,(H,15,16,19);1-4,9,16H,(H,17,18)/b;17-16+;;;/t18-,19-;;;;9-/m1...0/s1.